The van der Waals surface area contributed by atoms with Gasteiger partial charge in [-0.15, -0.1) is 5.10 Å². The van der Waals surface area contributed by atoms with Gasteiger partial charge in [-0.05, 0) is 59.5 Å². The Morgan fingerprint density at radius 3 is 2.33 bits per heavy atom. The molecule has 1 heterocycles. The third-order valence-electron chi connectivity index (χ3n) is 4.85. The highest BCUT2D eigenvalue weighted by Crippen LogP contribution is 2.35. The van der Waals surface area contributed by atoms with E-state index in [0.29, 0.717) is 10.0 Å². The molecule has 0 spiro atoms. The summed E-state index contributed by atoms with van der Waals surface area (Å²) in [4.78, 5) is 0. The van der Waals surface area contributed by atoms with E-state index in [1.807, 2.05) is 53.2 Å². The van der Waals surface area contributed by atoms with Crippen molar-refractivity contribution in [1.82, 2.24) is 20.2 Å². The number of tetrazole rings is 1. The first-order chi connectivity index (χ1) is 14.1. The van der Waals surface area contributed by atoms with Crippen LogP contribution in [-0.4, -0.2) is 20.2 Å². The molecule has 0 aliphatic rings. The number of aromatic nitrogens is 4. The molecule has 7 heteroatoms. The second-order valence-corrected chi connectivity index (χ2v) is 9.74. The lowest BCUT2D eigenvalue weighted by Gasteiger charge is -2.33. The van der Waals surface area contributed by atoms with Crippen LogP contribution in [0, 0.1) is 5.41 Å². The Labute approximate surface area is 188 Å². The van der Waals surface area contributed by atoms with E-state index >= 15 is 0 Å². The molecule has 1 atom stereocenters. The minimum absolute atomic E-state index is 0.0916. The van der Waals surface area contributed by atoms with Crippen molar-refractivity contribution in [2.75, 3.05) is 5.32 Å². The molecule has 0 amide bonds. The average molecular weight is 444 g/mol. The van der Waals surface area contributed by atoms with Gasteiger partial charge in [-0.3, -0.25) is 0 Å². The summed E-state index contributed by atoms with van der Waals surface area (Å²) in [5.41, 5.74) is 1.28. The van der Waals surface area contributed by atoms with Gasteiger partial charge in [0.1, 0.15) is 0 Å². The molecule has 0 saturated carbocycles. The fourth-order valence-electron chi connectivity index (χ4n) is 3.30. The number of hydrogen-bond donors (Lipinski definition) is 1. The van der Waals surface area contributed by atoms with Gasteiger partial charge in [-0.1, -0.05) is 80.4 Å². The van der Waals surface area contributed by atoms with E-state index in [0.717, 1.165) is 17.1 Å². The lowest BCUT2D eigenvalue weighted by Crippen LogP contribution is -2.35. The number of nitrogens with one attached hydrogen (secondary N) is 1. The molecule has 0 radical (unpaired) electrons. The maximum absolute atomic E-state index is 6.35. The molecule has 0 saturated heterocycles. The predicted octanol–water partition coefficient (Wildman–Crippen LogP) is 6.63. The minimum atomic E-state index is -0.486. The molecule has 2 aromatic carbocycles. The molecule has 0 bridgehead atoms. The van der Waals surface area contributed by atoms with E-state index in [1.54, 1.807) is 6.07 Å². The summed E-state index contributed by atoms with van der Waals surface area (Å²) in [5.74, 6) is 0.748. The highest BCUT2D eigenvalue weighted by atomic mass is 35.5. The van der Waals surface area contributed by atoms with Gasteiger partial charge in [0.05, 0.1) is 11.6 Å². The van der Waals surface area contributed by atoms with Crippen molar-refractivity contribution in [3.8, 4) is 0 Å². The number of rotatable bonds is 6. The van der Waals surface area contributed by atoms with Crippen molar-refractivity contribution in [2.45, 2.75) is 46.2 Å². The number of allylic oxidation sites excluding steroid dienone is 1. The van der Waals surface area contributed by atoms with Gasteiger partial charge in [0, 0.05) is 15.7 Å². The number of hydrogen-bond acceptors (Lipinski definition) is 4. The summed E-state index contributed by atoms with van der Waals surface area (Å²) in [5, 5.41) is 17.5. The number of benzene rings is 2. The summed E-state index contributed by atoms with van der Waals surface area (Å²) in [6.45, 7) is 10.6. The summed E-state index contributed by atoms with van der Waals surface area (Å²) in [6.07, 6.45) is 4.09. The van der Waals surface area contributed by atoms with Crippen LogP contribution in [0.15, 0.2) is 54.6 Å². The molecular formula is C23H27Cl2N5. The molecule has 3 rings (SSSR count). The predicted molar refractivity (Wildman–Crippen MR) is 125 cm³/mol. The average Bonchev–Trinajstić information content (AvgIpc) is 3.13. The van der Waals surface area contributed by atoms with Gasteiger partial charge in [-0.25, -0.2) is 4.68 Å². The molecule has 158 valence electrons. The summed E-state index contributed by atoms with van der Waals surface area (Å²) < 4.78 is 1.89. The quantitative estimate of drug-likeness (QED) is 0.464. The number of nitrogens with zero attached hydrogens (tertiary/aromatic N) is 4. The summed E-state index contributed by atoms with van der Waals surface area (Å²) in [7, 11) is 0. The number of halogens is 2. The van der Waals surface area contributed by atoms with Crippen LogP contribution < -0.4 is 5.32 Å². The van der Waals surface area contributed by atoms with E-state index in [-0.39, 0.29) is 11.5 Å². The molecule has 0 unspecified atom stereocenters. The highest BCUT2D eigenvalue weighted by molar-refractivity contribution is 6.35. The fourth-order valence-corrected chi connectivity index (χ4v) is 3.77. The zero-order valence-electron chi connectivity index (χ0n) is 17.9. The van der Waals surface area contributed by atoms with Gasteiger partial charge in [0.25, 0.3) is 0 Å². The second kappa shape index (κ2) is 8.78. The highest BCUT2D eigenvalue weighted by Gasteiger charge is 2.34. The van der Waals surface area contributed by atoms with E-state index in [9.17, 15) is 0 Å². The first kappa shape index (κ1) is 22.3. The molecule has 30 heavy (non-hydrogen) atoms. The van der Waals surface area contributed by atoms with Crippen LogP contribution in [0.2, 0.25) is 10.0 Å². The molecule has 0 fully saturated rings. The Morgan fingerprint density at radius 2 is 1.70 bits per heavy atom. The van der Waals surface area contributed by atoms with Crippen molar-refractivity contribution in [3.63, 3.8) is 0 Å². The van der Waals surface area contributed by atoms with Crippen LogP contribution in [0.25, 0.3) is 6.08 Å². The maximum atomic E-state index is 6.35. The van der Waals surface area contributed by atoms with E-state index in [2.05, 4.69) is 61.5 Å². The summed E-state index contributed by atoms with van der Waals surface area (Å²) in [6, 6.07) is 15.4. The Balaban J connectivity index is 1.97. The van der Waals surface area contributed by atoms with Crippen molar-refractivity contribution in [2.24, 2.45) is 5.41 Å². The van der Waals surface area contributed by atoms with Gasteiger partial charge in [0.15, 0.2) is 5.82 Å². The third kappa shape index (κ3) is 5.21. The molecular weight excluding hydrogens is 417 g/mol. The minimum Gasteiger partial charge on any atom is -0.373 e. The third-order valence-corrected chi connectivity index (χ3v) is 5.42. The van der Waals surface area contributed by atoms with Crippen LogP contribution in [0.1, 0.15) is 52.0 Å². The lowest BCUT2D eigenvalue weighted by molar-refractivity contribution is 0.258. The second-order valence-electron chi connectivity index (χ2n) is 8.90. The SMILES string of the molecule is CC(C)(Nc1ccccc1)c1nnnn1[C@@H](/C=C/c1ccc(Cl)cc1Cl)C(C)(C)C. The van der Waals surface area contributed by atoms with Crippen molar-refractivity contribution >= 4 is 35.0 Å². The Morgan fingerprint density at radius 1 is 1.00 bits per heavy atom. The van der Waals surface area contributed by atoms with Crippen LogP contribution in [0.4, 0.5) is 5.69 Å². The largest absolute Gasteiger partial charge is 0.373 e. The maximum Gasteiger partial charge on any atom is 0.176 e. The molecule has 0 aliphatic heterocycles. The zero-order chi connectivity index (χ0) is 21.9. The number of para-hydroxylation sites is 1. The van der Waals surface area contributed by atoms with E-state index in [1.165, 1.54) is 0 Å². The van der Waals surface area contributed by atoms with Gasteiger partial charge in [0.2, 0.25) is 0 Å². The van der Waals surface area contributed by atoms with Crippen LogP contribution in [0.3, 0.4) is 0 Å². The fraction of sp³-hybridized carbons (Fsp3) is 0.348. The standard InChI is InChI=1S/C23H27Cl2N5/c1-22(2,3)20(14-12-16-11-13-17(24)15-19(16)25)30-21(27-28-29-30)23(4,5)26-18-9-7-6-8-10-18/h6-15,20,26H,1-5H3/b14-12+/t20-/m0/s1. The van der Waals surface area contributed by atoms with Crippen LogP contribution >= 0.6 is 23.2 Å². The lowest BCUT2D eigenvalue weighted by atomic mass is 9.85. The van der Waals surface area contributed by atoms with Crippen molar-refractivity contribution in [3.05, 3.63) is 76.0 Å². The normalized spacial score (nSPS) is 13.6. The van der Waals surface area contributed by atoms with Gasteiger partial charge >= 0.3 is 0 Å². The first-order valence-corrected chi connectivity index (χ1v) is 10.6. The molecule has 1 N–H and O–H groups in total. The molecule has 1 aromatic heterocycles. The topological polar surface area (TPSA) is 55.6 Å². The van der Waals surface area contributed by atoms with Crippen LogP contribution in [0.5, 0.6) is 0 Å². The monoisotopic (exact) mass is 443 g/mol. The molecule has 3 aromatic rings. The smallest absolute Gasteiger partial charge is 0.176 e. The van der Waals surface area contributed by atoms with Gasteiger partial charge < -0.3 is 5.32 Å². The Hall–Kier alpha value is -2.37. The molecule has 5 nitrogen and oxygen atoms in total. The van der Waals surface area contributed by atoms with E-state index < -0.39 is 5.54 Å². The van der Waals surface area contributed by atoms with Crippen LogP contribution in [-0.2, 0) is 5.54 Å². The summed E-state index contributed by atoms with van der Waals surface area (Å²) >= 11 is 12.4. The van der Waals surface area contributed by atoms with Gasteiger partial charge in [-0.2, -0.15) is 0 Å². The van der Waals surface area contributed by atoms with Crippen molar-refractivity contribution < 1.29 is 0 Å². The Kier molecular flexibility index (Phi) is 6.53. The first-order valence-electron chi connectivity index (χ1n) is 9.83. The molecule has 0 aliphatic carbocycles. The Bertz CT molecular complexity index is 1020. The zero-order valence-corrected chi connectivity index (χ0v) is 19.4. The number of anilines is 1. The van der Waals surface area contributed by atoms with E-state index in [4.69, 9.17) is 23.2 Å². The van der Waals surface area contributed by atoms with Crippen molar-refractivity contribution in [1.29, 1.82) is 0 Å².